The molecule has 0 aliphatic carbocycles. The standard InChI is InChI=1S/C12H8Cl2F2S/c1-6-2-3-8(15)9(11(6)16)10(14)12-7(13)4-5-17-12/h2-5,10H,1H3. The molecule has 0 aliphatic heterocycles. The highest BCUT2D eigenvalue weighted by molar-refractivity contribution is 7.11. The molecule has 0 radical (unpaired) electrons. The number of hydrogen-bond donors (Lipinski definition) is 0. The first-order valence-electron chi connectivity index (χ1n) is 4.84. The van der Waals surface area contributed by atoms with Gasteiger partial charge < -0.3 is 0 Å². The SMILES string of the molecule is Cc1ccc(F)c(C(Cl)c2sccc2Cl)c1F. The first kappa shape index (κ1) is 12.8. The Balaban J connectivity index is 2.55. The third-order valence-corrected chi connectivity index (χ3v) is 4.44. The third kappa shape index (κ3) is 2.32. The van der Waals surface area contributed by atoms with E-state index in [0.717, 1.165) is 0 Å². The zero-order valence-electron chi connectivity index (χ0n) is 8.81. The molecule has 1 aromatic carbocycles. The van der Waals surface area contributed by atoms with Gasteiger partial charge >= 0.3 is 0 Å². The van der Waals surface area contributed by atoms with Gasteiger partial charge in [0.05, 0.1) is 10.4 Å². The summed E-state index contributed by atoms with van der Waals surface area (Å²) in [6, 6.07) is 4.25. The van der Waals surface area contributed by atoms with Crippen LogP contribution in [0.3, 0.4) is 0 Å². The molecule has 0 spiro atoms. The van der Waals surface area contributed by atoms with Crippen molar-refractivity contribution in [1.82, 2.24) is 0 Å². The molecule has 0 N–H and O–H groups in total. The summed E-state index contributed by atoms with van der Waals surface area (Å²) in [6.07, 6.45) is 0. The van der Waals surface area contributed by atoms with Crippen LogP contribution in [-0.4, -0.2) is 0 Å². The molecule has 90 valence electrons. The molecule has 0 saturated heterocycles. The minimum atomic E-state index is -0.901. The van der Waals surface area contributed by atoms with E-state index in [1.54, 1.807) is 18.4 Å². The Kier molecular flexibility index (Phi) is 3.71. The smallest absolute Gasteiger partial charge is 0.134 e. The van der Waals surface area contributed by atoms with E-state index in [0.29, 0.717) is 15.5 Å². The second-order valence-corrected chi connectivity index (χ2v) is 5.38. The number of alkyl halides is 1. The molecule has 0 aliphatic rings. The van der Waals surface area contributed by atoms with E-state index < -0.39 is 17.0 Å². The molecule has 5 heteroatoms. The lowest BCUT2D eigenvalue weighted by molar-refractivity contribution is 0.554. The molecule has 0 saturated carbocycles. The van der Waals surface area contributed by atoms with E-state index in [1.807, 2.05) is 0 Å². The van der Waals surface area contributed by atoms with Gasteiger partial charge in [0.1, 0.15) is 11.6 Å². The summed E-state index contributed by atoms with van der Waals surface area (Å²) in [7, 11) is 0. The highest BCUT2D eigenvalue weighted by Gasteiger charge is 2.23. The molecule has 0 amide bonds. The van der Waals surface area contributed by atoms with Gasteiger partial charge in [-0.3, -0.25) is 0 Å². The van der Waals surface area contributed by atoms with Gasteiger partial charge in [-0.05, 0) is 30.0 Å². The van der Waals surface area contributed by atoms with Gasteiger partial charge in [-0.15, -0.1) is 22.9 Å². The monoisotopic (exact) mass is 292 g/mol. The van der Waals surface area contributed by atoms with E-state index in [9.17, 15) is 8.78 Å². The molecule has 1 atom stereocenters. The van der Waals surface area contributed by atoms with Crippen LogP contribution in [-0.2, 0) is 0 Å². The Morgan fingerprint density at radius 3 is 2.53 bits per heavy atom. The van der Waals surface area contributed by atoms with Crippen molar-refractivity contribution in [2.75, 3.05) is 0 Å². The summed E-state index contributed by atoms with van der Waals surface area (Å²) in [6.45, 7) is 1.57. The topological polar surface area (TPSA) is 0 Å². The molecule has 2 aromatic rings. The number of benzene rings is 1. The Hall–Kier alpha value is -0.640. The first-order chi connectivity index (χ1) is 8.02. The predicted molar refractivity (Wildman–Crippen MR) is 68.1 cm³/mol. The minimum absolute atomic E-state index is 0.143. The summed E-state index contributed by atoms with van der Waals surface area (Å²) in [5, 5.41) is 1.26. The van der Waals surface area contributed by atoms with Crippen molar-refractivity contribution < 1.29 is 8.78 Å². The molecular weight excluding hydrogens is 285 g/mol. The lowest BCUT2D eigenvalue weighted by Crippen LogP contribution is -2.01. The van der Waals surface area contributed by atoms with Gasteiger partial charge in [0.2, 0.25) is 0 Å². The van der Waals surface area contributed by atoms with Crippen LogP contribution in [0.5, 0.6) is 0 Å². The van der Waals surface area contributed by atoms with Gasteiger partial charge in [0, 0.05) is 10.4 Å². The Morgan fingerprint density at radius 2 is 1.94 bits per heavy atom. The number of halogens is 4. The third-order valence-electron chi connectivity index (χ3n) is 2.45. The molecule has 1 unspecified atom stereocenters. The predicted octanol–water partition coefficient (Wildman–Crippen LogP) is 5.32. The zero-order valence-corrected chi connectivity index (χ0v) is 11.1. The van der Waals surface area contributed by atoms with Crippen LogP contribution in [0.2, 0.25) is 5.02 Å². The van der Waals surface area contributed by atoms with Crippen LogP contribution in [0.4, 0.5) is 8.78 Å². The van der Waals surface area contributed by atoms with E-state index in [-0.39, 0.29) is 5.56 Å². The highest BCUT2D eigenvalue weighted by atomic mass is 35.5. The molecule has 1 aromatic heterocycles. The maximum Gasteiger partial charge on any atom is 0.134 e. The molecular formula is C12H8Cl2F2S. The fourth-order valence-corrected chi connectivity index (χ4v) is 3.20. The highest BCUT2D eigenvalue weighted by Crippen LogP contribution is 2.39. The Bertz CT molecular complexity index is 551. The minimum Gasteiger partial charge on any atom is -0.207 e. The number of rotatable bonds is 2. The maximum absolute atomic E-state index is 13.9. The van der Waals surface area contributed by atoms with Crippen LogP contribution in [0.25, 0.3) is 0 Å². The average Bonchev–Trinajstić information content (AvgIpc) is 2.70. The van der Waals surface area contributed by atoms with E-state index in [1.165, 1.54) is 23.5 Å². The zero-order chi connectivity index (χ0) is 12.6. The molecule has 0 bridgehead atoms. The summed E-state index contributed by atoms with van der Waals surface area (Å²) >= 11 is 13.3. The van der Waals surface area contributed by atoms with Crippen LogP contribution in [0.1, 0.15) is 21.4 Å². The van der Waals surface area contributed by atoms with Crippen LogP contribution in [0, 0.1) is 18.6 Å². The maximum atomic E-state index is 13.9. The molecule has 0 nitrogen and oxygen atoms in total. The normalized spacial score (nSPS) is 12.8. The van der Waals surface area contributed by atoms with Gasteiger partial charge in [0.15, 0.2) is 0 Å². The van der Waals surface area contributed by atoms with Gasteiger partial charge in [-0.2, -0.15) is 0 Å². The van der Waals surface area contributed by atoms with Gasteiger partial charge in [0.25, 0.3) is 0 Å². The fraction of sp³-hybridized carbons (Fsp3) is 0.167. The van der Waals surface area contributed by atoms with Gasteiger partial charge in [-0.25, -0.2) is 8.78 Å². The summed E-state index contributed by atoms with van der Waals surface area (Å²) in [5.74, 6) is -1.27. The van der Waals surface area contributed by atoms with E-state index in [4.69, 9.17) is 23.2 Å². The van der Waals surface area contributed by atoms with Crippen LogP contribution >= 0.6 is 34.5 Å². The molecule has 2 rings (SSSR count). The van der Waals surface area contributed by atoms with E-state index >= 15 is 0 Å². The van der Waals surface area contributed by atoms with Gasteiger partial charge in [-0.1, -0.05) is 17.7 Å². The molecule has 17 heavy (non-hydrogen) atoms. The Morgan fingerprint density at radius 1 is 1.24 bits per heavy atom. The van der Waals surface area contributed by atoms with Crippen LogP contribution < -0.4 is 0 Å². The van der Waals surface area contributed by atoms with Crippen molar-refractivity contribution in [3.63, 3.8) is 0 Å². The quantitative estimate of drug-likeness (QED) is 0.658. The summed E-state index contributed by atoms with van der Waals surface area (Å²) in [5.41, 5.74) is 0.218. The molecule has 1 heterocycles. The second kappa shape index (κ2) is 4.92. The van der Waals surface area contributed by atoms with Crippen molar-refractivity contribution in [1.29, 1.82) is 0 Å². The lowest BCUT2D eigenvalue weighted by atomic mass is 10.1. The lowest BCUT2D eigenvalue weighted by Gasteiger charge is -2.12. The van der Waals surface area contributed by atoms with Crippen molar-refractivity contribution in [3.8, 4) is 0 Å². The number of hydrogen-bond acceptors (Lipinski definition) is 1. The van der Waals surface area contributed by atoms with Crippen LogP contribution in [0.15, 0.2) is 23.6 Å². The average molecular weight is 293 g/mol. The molecule has 0 fully saturated rings. The van der Waals surface area contributed by atoms with Crippen molar-refractivity contribution in [2.24, 2.45) is 0 Å². The number of aryl methyl sites for hydroxylation is 1. The Labute approximate surface area is 112 Å². The number of thiophene rings is 1. The van der Waals surface area contributed by atoms with Crippen molar-refractivity contribution in [3.05, 3.63) is 56.2 Å². The summed E-state index contributed by atoms with van der Waals surface area (Å²) in [4.78, 5) is 0.553. The second-order valence-electron chi connectivity index (χ2n) is 3.59. The van der Waals surface area contributed by atoms with Crippen molar-refractivity contribution >= 4 is 34.5 Å². The largest absolute Gasteiger partial charge is 0.207 e. The first-order valence-corrected chi connectivity index (χ1v) is 6.53. The summed E-state index contributed by atoms with van der Waals surface area (Å²) < 4.78 is 27.5. The fourth-order valence-electron chi connectivity index (χ4n) is 1.53. The van der Waals surface area contributed by atoms with E-state index in [2.05, 4.69) is 0 Å². The van der Waals surface area contributed by atoms with Crippen molar-refractivity contribution in [2.45, 2.75) is 12.3 Å².